The standard InChI is InChI=1S/C17H15BrN2O/c1-11(19)13-7-9-16(20-10-13)21-15-8-6-12-4-2-3-5-14(12)17(15)18/h2-11H,19H2,1H3/t11-/m1/s1. The Hall–Kier alpha value is -1.91. The van der Waals surface area contributed by atoms with E-state index in [1.165, 1.54) is 0 Å². The third kappa shape index (κ3) is 2.91. The van der Waals surface area contributed by atoms with E-state index in [1.54, 1.807) is 6.20 Å². The van der Waals surface area contributed by atoms with Crippen molar-refractivity contribution < 1.29 is 4.74 Å². The fraction of sp³-hybridized carbons (Fsp3) is 0.118. The third-order valence-electron chi connectivity index (χ3n) is 3.33. The number of hydrogen-bond acceptors (Lipinski definition) is 3. The highest BCUT2D eigenvalue weighted by molar-refractivity contribution is 9.10. The van der Waals surface area contributed by atoms with Crippen LogP contribution in [0.2, 0.25) is 0 Å². The molecular formula is C17H15BrN2O. The van der Waals surface area contributed by atoms with E-state index >= 15 is 0 Å². The first-order chi connectivity index (χ1) is 10.1. The number of hydrogen-bond donors (Lipinski definition) is 1. The maximum Gasteiger partial charge on any atom is 0.219 e. The minimum absolute atomic E-state index is 0.0287. The molecule has 0 fully saturated rings. The summed E-state index contributed by atoms with van der Waals surface area (Å²) in [5.41, 5.74) is 6.80. The Bertz CT molecular complexity index is 769. The quantitative estimate of drug-likeness (QED) is 0.742. The zero-order valence-corrected chi connectivity index (χ0v) is 13.2. The molecule has 3 aromatic rings. The molecule has 3 rings (SSSR count). The Morgan fingerprint density at radius 1 is 1.10 bits per heavy atom. The van der Waals surface area contributed by atoms with Crippen molar-refractivity contribution in [2.75, 3.05) is 0 Å². The third-order valence-corrected chi connectivity index (χ3v) is 4.15. The van der Waals surface area contributed by atoms with E-state index in [0.717, 1.165) is 26.6 Å². The Labute approximate surface area is 131 Å². The monoisotopic (exact) mass is 342 g/mol. The zero-order valence-electron chi connectivity index (χ0n) is 11.6. The Morgan fingerprint density at radius 2 is 1.90 bits per heavy atom. The van der Waals surface area contributed by atoms with E-state index in [4.69, 9.17) is 10.5 Å². The minimum atomic E-state index is -0.0287. The lowest BCUT2D eigenvalue weighted by molar-refractivity contribution is 0.460. The van der Waals surface area contributed by atoms with Gasteiger partial charge in [-0.25, -0.2) is 4.98 Å². The van der Waals surface area contributed by atoms with Crippen LogP contribution in [-0.2, 0) is 0 Å². The maximum atomic E-state index is 5.85. The largest absolute Gasteiger partial charge is 0.438 e. The number of nitrogens with two attached hydrogens (primary N) is 1. The van der Waals surface area contributed by atoms with Gasteiger partial charge in [0, 0.05) is 18.3 Å². The number of ether oxygens (including phenoxy) is 1. The average Bonchev–Trinajstić information content (AvgIpc) is 2.51. The second kappa shape index (κ2) is 5.84. The van der Waals surface area contributed by atoms with E-state index in [0.29, 0.717) is 5.88 Å². The summed E-state index contributed by atoms with van der Waals surface area (Å²) in [5.74, 6) is 1.30. The summed E-state index contributed by atoms with van der Waals surface area (Å²) in [4.78, 5) is 4.29. The van der Waals surface area contributed by atoms with Gasteiger partial charge in [0.2, 0.25) is 5.88 Å². The molecule has 21 heavy (non-hydrogen) atoms. The molecule has 0 saturated carbocycles. The maximum absolute atomic E-state index is 5.85. The number of halogens is 1. The average molecular weight is 343 g/mol. The van der Waals surface area contributed by atoms with Gasteiger partial charge in [0.05, 0.1) is 4.47 Å². The highest BCUT2D eigenvalue weighted by Gasteiger charge is 2.08. The van der Waals surface area contributed by atoms with Crippen molar-refractivity contribution in [2.45, 2.75) is 13.0 Å². The molecule has 0 aliphatic rings. The predicted molar refractivity (Wildman–Crippen MR) is 88.6 cm³/mol. The lowest BCUT2D eigenvalue weighted by Gasteiger charge is -2.10. The van der Waals surface area contributed by atoms with Crippen LogP contribution in [0.15, 0.2) is 59.2 Å². The molecule has 1 aromatic heterocycles. The Balaban J connectivity index is 1.92. The first-order valence-electron chi connectivity index (χ1n) is 6.72. The molecule has 0 radical (unpaired) electrons. The summed E-state index contributed by atoms with van der Waals surface area (Å²) >= 11 is 3.60. The number of nitrogens with zero attached hydrogens (tertiary/aromatic N) is 1. The molecule has 0 aliphatic heterocycles. The SMILES string of the molecule is C[C@@H](N)c1ccc(Oc2ccc3ccccc3c2Br)nc1. The molecule has 0 saturated heterocycles. The van der Waals surface area contributed by atoms with Crippen molar-refractivity contribution in [3.05, 3.63) is 64.8 Å². The Kier molecular flexibility index (Phi) is 3.90. The number of rotatable bonds is 3. The van der Waals surface area contributed by atoms with Crippen LogP contribution >= 0.6 is 15.9 Å². The number of pyridine rings is 1. The van der Waals surface area contributed by atoms with Gasteiger partial charge in [0.25, 0.3) is 0 Å². The molecule has 0 aliphatic carbocycles. The lowest BCUT2D eigenvalue weighted by atomic mass is 10.1. The molecule has 0 spiro atoms. The van der Waals surface area contributed by atoms with Crippen molar-refractivity contribution in [2.24, 2.45) is 5.73 Å². The van der Waals surface area contributed by atoms with E-state index < -0.39 is 0 Å². The molecule has 2 aromatic carbocycles. The van der Waals surface area contributed by atoms with Gasteiger partial charge in [-0.15, -0.1) is 0 Å². The first kappa shape index (κ1) is 14.0. The molecule has 1 atom stereocenters. The molecule has 2 N–H and O–H groups in total. The minimum Gasteiger partial charge on any atom is -0.438 e. The summed E-state index contributed by atoms with van der Waals surface area (Å²) in [7, 11) is 0. The van der Waals surface area contributed by atoms with Gasteiger partial charge in [0.1, 0.15) is 5.75 Å². The molecule has 4 heteroatoms. The van der Waals surface area contributed by atoms with Crippen molar-refractivity contribution in [3.8, 4) is 11.6 Å². The van der Waals surface area contributed by atoms with Crippen LogP contribution in [0.1, 0.15) is 18.5 Å². The molecule has 0 unspecified atom stereocenters. The van der Waals surface area contributed by atoms with Crippen molar-refractivity contribution in [3.63, 3.8) is 0 Å². The molecule has 106 valence electrons. The van der Waals surface area contributed by atoms with Gasteiger partial charge in [-0.1, -0.05) is 36.4 Å². The molecule has 0 amide bonds. The number of benzene rings is 2. The smallest absolute Gasteiger partial charge is 0.219 e. The molecule has 0 bridgehead atoms. The van der Waals surface area contributed by atoms with Gasteiger partial charge >= 0.3 is 0 Å². The highest BCUT2D eigenvalue weighted by Crippen LogP contribution is 2.35. The van der Waals surface area contributed by atoms with Crippen LogP contribution in [0.25, 0.3) is 10.8 Å². The summed E-state index contributed by atoms with van der Waals surface area (Å²) in [6, 6.07) is 15.9. The number of aromatic nitrogens is 1. The zero-order chi connectivity index (χ0) is 14.8. The second-order valence-corrected chi connectivity index (χ2v) is 5.71. The van der Waals surface area contributed by atoms with Crippen LogP contribution in [-0.4, -0.2) is 4.98 Å². The number of fused-ring (bicyclic) bond motifs is 1. The van der Waals surface area contributed by atoms with E-state index in [-0.39, 0.29) is 6.04 Å². The van der Waals surface area contributed by atoms with Crippen molar-refractivity contribution in [1.29, 1.82) is 0 Å². The van der Waals surface area contributed by atoms with Crippen LogP contribution in [0.3, 0.4) is 0 Å². The van der Waals surface area contributed by atoms with Crippen molar-refractivity contribution in [1.82, 2.24) is 4.98 Å². The lowest BCUT2D eigenvalue weighted by Crippen LogP contribution is -2.05. The molecular weight excluding hydrogens is 328 g/mol. The molecule has 3 nitrogen and oxygen atoms in total. The van der Waals surface area contributed by atoms with Crippen LogP contribution in [0.5, 0.6) is 11.6 Å². The van der Waals surface area contributed by atoms with E-state index in [1.807, 2.05) is 43.3 Å². The van der Waals surface area contributed by atoms with Crippen LogP contribution < -0.4 is 10.5 Å². The highest BCUT2D eigenvalue weighted by atomic mass is 79.9. The summed E-state index contributed by atoms with van der Waals surface area (Å²) in [6.07, 6.45) is 1.74. The second-order valence-electron chi connectivity index (χ2n) is 4.92. The predicted octanol–water partition coefficient (Wildman–Crippen LogP) is 4.81. The fourth-order valence-corrected chi connectivity index (χ4v) is 2.70. The fourth-order valence-electron chi connectivity index (χ4n) is 2.13. The Morgan fingerprint density at radius 3 is 2.62 bits per heavy atom. The van der Waals surface area contributed by atoms with E-state index in [9.17, 15) is 0 Å². The topological polar surface area (TPSA) is 48.1 Å². The van der Waals surface area contributed by atoms with Crippen LogP contribution in [0.4, 0.5) is 0 Å². The van der Waals surface area contributed by atoms with E-state index in [2.05, 4.69) is 33.0 Å². The van der Waals surface area contributed by atoms with Gasteiger partial charge in [-0.05, 0) is 45.3 Å². The summed E-state index contributed by atoms with van der Waals surface area (Å²) in [5, 5.41) is 2.28. The first-order valence-corrected chi connectivity index (χ1v) is 7.51. The van der Waals surface area contributed by atoms with Gasteiger partial charge < -0.3 is 10.5 Å². The van der Waals surface area contributed by atoms with Gasteiger partial charge in [0.15, 0.2) is 0 Å². The normalized spacial score (nSPS) is 12.3. The van der Waals surface area contributed by atoms with Crippen LogP contribution in [0, 0.1) is 0 Å². The van der Waals surface area contributed by atoms with Gasteiger partial charge in [-0.3, -0.25) is 0 Å². The molecule has 1 heterocycles. The summed E-state index contributed by atoms with van der Waals surface area (Å²) in [6.45, 7) is 1.93. The van der Waals surface area contributed by atoms with Crippen molar-refractivity contribution >= 4 is 26.7 Å². The van der Waals surface area contributed by atoms with Gasteiger partial charge in [-0.2, -0.15) is 0 Å². The summed E-state index contributed by atoms with van der Waals surface area (Å²) < 4.78 is 6.78.